The Hall–Kier alpha value is -0.0200. The summed E-state index contributed by atoms with van der Waals surface area (Å²) in [5, 5.41) is 11.0. The lowest BCUT2D eigenvalue weighted by Gasteiger charge is -2.22. The van der Waals surface area contributed by atoms with E-state index in [2.05, 4.69) is 5.32 Å². The lowest BCUT2D eigenvalue weighted by molar-refractivity contribution is -0.0421. The van der Waals surface area contributed by atoms with Gasteiger partial charge in [0, 0.05) is 6.54 Å². The number of halogens is 3. The third-order valence-electron chi connectivity index (χ3n) is 2.38. The van der Waals surface area contributed by atoms with Gasteiger partial charge in [0.1, 0.15) is 0 Å². The van der Waals surface area contributed by atoms with Crippen LogP contribution in [0.15, 0.2) is 0 Å². The van der Waals surface area contributed by atoms with Crippen LogP contribution in [0.4, 0.5) is 8.78 Å². The highest BCUT2D eigenvalue weighted by Gasteiger charge is 2.52. The molecule has 9 heteroatoms. The zero-order valence-electron chi connectivity index (χ0n) is 8.61. The van der Waals surface area contributed by atoms with Gasteiger partial charge in [0.15, 0.2) is 0 Å². The Balaban J connectivity index is 0.00000225. The van der Waals surface area contributed by atoms with E-state index >= 15 is 0 Å². The molecule has 0 unspecified atom stereocenters. The van der Waals surface area contributed by atoms with Crippen LogP contribution in [0.5, 0.6) is 0 Å². The zero-order chi connectivity index (χ0) is 11.7. The van der Waals surface area contributed by atoms with Crippen LogP contribution in [0.2, 0.25) is 0 Å². The first-order valence-corrected chi connectivity index (χ1v) is 6.20. The van der Waals surface area contributed by atoms with Crippen LogP contribution in [-0.2, 0) is 10.0 Å². The van der Waals surface area contributed by atoms with Crippen LogP contribution >= 0.6 is 12.4 Å². The van der Waals surface area contributed by atoms with Crippen LogP contribution in [-0.4, -0.2) is 50.4 Å². The molecule has 0 spiro atoms. The minimum Gasteiger partial charge on any atom is -0.395 e. The summed E-state index contributed by atoms with van der Waals surface area (Å²) in [5.41, 5.74) is 0. The summed E-state index contributed by atoms with van der Waals surface area (Å²) in [5.74, 6) is -3.51. The molecule has 0 aromatic rings. The van der Waals surface area contributed by atoms with Crippen molar-refractivity contribution < 1.29 is 22.3 Å². The molecule has 5 nitrogen and oxygen atoms in total. The Morgan fingerprint density at radius 3 is 2.50 bits per heavy atom. The Bertz CT molecular complexity index is 326. The van der Waals surface area contributed by atoms with Gasteiger partial charge in [-0.2, -0.15) is 0 Å². The summed E-state index contributed by atoms with van der Waals surface area (Å²) in [6.45, 7) is 0.460. The zero-order valence-corrected chi connectivity index (χ0v) is 10.2. The maximum Gasteiger partial charge on any atom is 0.282 e. The molecule has 0 bridgehead atoms. The highest BCUT2D eigenvalue weighted by Crippen LogP contribution is 2.28. The minimum atomic E-state index is -3.66. The van der Waals surface area contributed by atoms with E-state index in [0.717, 1.165) is 0 Å². The monoisotopic (exact) mass is 280 g/mol. The van der Waals surface area contributed by atoms with E-state index in [0.29, 0.717) is 0 Å². The predicted octanol–water partition coefficient (Wildman–Crippen LogP) is -0.685. The van der Waals surface area contributed by atoms with Gasteiger partial charge in [0.25, 0.3) is 5.92 Å². The van der Waals surface area contributed by atoms with Gasteiger partial charge in [-0.25, -0.2) is 21.9 Å². The van der Waals surface area contributed by atoms with Gasteiger partial charge in [0.05, 0.1) is 24.4 Å². The van der Waals surface area contributed by atoms with Gasteiger partial charge in [-0.05, 0) is 6.92 Å². The summed E-state index contributed by atoms with van der Waals surface area (Å²) in [6, 6.07) is -2.87. The van der Waals surface area contributed by atoms with Crippen LogP contribution in [0, 0.1) is 0 Å². The average molecular weight is 281 g/mol. The second-order valence-corrected chi connectivity index (χ2v) is 5.43. The van der Waals surface area contributed by atoms with Crippen LogP contribution in [0.25, 0.3) is 0 Å². The Morgan fingerprint density at radius 2 is 2.12 bits per heavy atom. The lowest BCUT2D eigenvalue weighted by Crippen LogP contribution is -2.50. The smallest absolute Gasteiger partial charge is 0.282 e. The molecule has 2 atom stereocenters. The number of aliphatic hydroxyl groups is 1. The first-order valence-electron chi connectivity index (χ1n) is 4.55. The number of sulfonamides is 1. The highest BCUT2D eigenvalue weighted by atomic mass is 35.5. The number of aliphatic hydroxyl groups excluding tert-OH is 1. The number of alkyl halides is 2. The molecular weight excluding hydrogens is 266 g/mol. The maximum absolute atomic E-state index is 13.4. The summed E-state index contributed by atoms with van der Waals surface area (Å²) >= 11 is 0. The number of nitrogens with one attached hydrogen (secondary N) is 2. The van der Waals surface area contributed by atoms with E-state index in [9.17, 15) is 17.2 Å². The molecule has 0 aromatic heterocycles. The quantitative estimate of drug-likeness (QED) is 0.637. The van der Waals surface area contributed by atoms with Gasteiger partial charge >= 0.3 is 0 Å². The van der Waals surface area contributed by atoms with Gasteiger partial charge < -0.3 is 10.4 Å². The molecule has 3 N–H and O–H groups in total. The molecular formula is C7H15ClF2N2O3S. The molecule has 0 aromatic carbocycles. The number of rotatable bonds is 4. The van der Waals surface area contributed by atoms with Gasteiger partial charge in [0.2, 0.25) is 10.0 Å². The second kappa shape index (κ2) is 5.54. The molecule has 1 rings (SSSR count). The van der Waals surface area contributed by atoms with E-state index in [4.69, 9.17) is 5.11 Å². The average Bonchev–Trinajstić information content (AvgIpc) is 2.42. The molecule has 1 fully saturated rings. The van der Waals surface area contributed by atoms with Crippen molar-refractivity contribution in [3.8, 4) is 0 Å². The number of hydrogen-bond donors (Lipinski definition) is 3. The first kappa shape index (κ1) is 16.0. The van der Waals surface area contributed by atoms with Crippen molar-refractivity contribution in [3.63, 3.8) is 0 Å². The molecule has 1 aliphatic rings. The standard InChI is InChI=1S/C7H14F2N2O3S.ClH/c1-2-15(13,14)11-5-3-10-6(4-12)7(5,8)9;/h5-6,10-12H,2-4H2,1H3;1H/t5-,6-;/m1./s1. The molecule has 0 amide bonds. The van der Waals surface area contributed by atoms with E-state index in [1.807, 2.05) is 4.72 Å². The van der Waals surface area contributed by atoms with Crippen molar-refractivity contribution >= 4 is 22.4 Å². The summed E-state index contributed by atoms with van der Waals surface area (Å²) in [7, 11) is -3.66. The predicted molar refractivity (Wildman–Crippen MR) is 57.5 cm³/mol. The molecule has 16 heavy (non-hydrogen) atoms. The van der Waals surface area contributed by atoms with Crippen molar-refractivity contribution in [1.29, 1.82) is 0 Å². The minimum absolute atomic E-state index is 0. The Labute approximate surface area is 99.1 Å². The van der Waals surface area contributed by atoms with Gasteiger partial charge in [-0.15, -0.1) is 12.4 Å². The van der Waals surface area contributed by atoms with E-state index in [1.165, 1.54) is 6.92 Å². The summed E-state index contributed by atoms with van der Waals surface area (Å²) in [4.78, 5) is 0. The fourth-order valence-corrected chi connectivity index (χ4v) is 2.22. The maximum atomic E-state index is 13.4. The topological polar surface area (TPSA) is 78.4 Å². The van der Waals surface area contributed by atoms with E-state index < -0.39 is 34.6 Å². The molecule has 0 radical (unpaired) electrons. The molecule has 98 valence electrons. The molecule has 1 heterocycles. The third kappa shape index (κ3) is 3.24. The Kier molecular flexibility index (Phi) is 5.54. The van der Waals surface area contributed by atoms with E-state index in [1.54, 1.807) is 0 Å². The first-order chi connectivity index (χ1) is 6.83. The van der Waals surface area contributed by atoms with Crippen molar-refractivity contribution in [3.05, 3.63) is 0 Å². The molecule has 1 saturated heterocycles. The fourth-order valence-electron chi connectivity index (χ4n) is 1.38. The van der Waals surface area contributed by atoms with Gasteiger partial charge in [-0.3, -0.25) is 0 Å². The van der Waals surface area contributed by atoms with Crippen molar-refractivity contribution in [2.45, 2.75) is 24.9 Å². The Morgan fingerprint density at radius 1 is 1.56 bits per heavy atom. The fraction of sp³-hybridized carbons (Fsp3) is 1.00. The normalized spacial score (nSPS) is 28.8. The summed E-state index contributed by atoms with van der Waals surface area (Å²) in [6.07, 6.45) is 0. The van der Waals surface area contributed by atoms with E-state index in [-0.39, 0.29) is 24.7 Å². The second-order valence-electron chi connectivity index (χ2n) is 3.39. The third-order valence-corrected chi connectivity index (χ3v) is 3.79. The molecule has 0 aliphatic carbocycles. The lowest BCUT2D eigenvalue weighted by atomic mass is 10.1. The van der Waals surface area contributed by atoms with Crippen LogP contribution in [0.1, 0.15) is 6.92 Å². The van der Waals surface area contributed by atoms with Crippen LogP contribution in [0.3, 0.4) is 0 Å². The number of hydrogen-bond acceptors (Lipinski definition) is 4. The van der Waals surface area contributed by atoms with Crippen LogP contribution < -0.4 is 10.0 Å². The molecule has 1 aliphatic heterocycles. The van der Waals surface area contributed by atoms with Crippen molar-refractivity contribution in [2.24, 2.45) is 0 Å². The largest absolute Gasteiger partial charge is 0.395 e. The highest BCUT2D eigenvalue weighted by molar-refractivity contribution is 7.89. The van der Waals surface area contributed by atoms with Gasteiger partial charge in [-0.1, -0.05) is 0 Å². The van der Waals surface area contributed by atoms with Crippen molar-refractivity contribution in [1.82, 2.24) is 10.0 Å². The van der Waals surface area contributed by atoms with Crippen molar-refractivity contribution in [2.75, 3.05) is 18.9 Å². The SMILES string of the molecule is CCS(=O)(=O)N[C@@H]1CN[C@H](CO)C1(F)F.Cl. The summed E-state index contributed by atoms with van der Waals surface area (Å²) < 4.78 is 50.9. The molecule has 0 saturated carbocycles.